The van der Waals surface area contributed by atoms with E-state index >= 15 is 0 Å². The van der Waals surface area contributed by atoms with Gasteiger partial charge in [0.2, 0.25) is 0 Å². The summed E-state index contributed by atoms with van der Waals surface area (Å²) in [6, 6.07) is 54.0. The van der Waals surface area contributed by atoms with E-state index in [0.717, 1.165) is 0 Å². The summed E-state index contributed by atoms with van der Waals surface area (Å²) >= 11 is 0. The minimum Gasteiger partial charge on any atom is -0.223 e. The van der Waals surface area contributed by atoms with Crippen molar-refractivity contribution in [1.29, 1.82) is 0 Å². The van der Waals surface area contributed by atoms with Crippen molar-refractivity contribution in [1.82, 2.24) is 0 Å². The van der Waals surface area contributed by atoms with Crippen molar-refractivity contribution < 1.29 is 0 Å². The Bertz CT molecular complexity index is 1840. The van der Waals surface area contributed by atoms with Crippen molar-refractivity contribution >= 4 is 53.4 Å². The van der Waals surface area contributed by atoms with Crippen LogP contribution < -0.4 is 31.8 Å². The van der Waals surface area contributed by atoms with Crippen LogP contribution in [0.2, 0.25) is 0 Å². The summed E-state index contributed by atoms with van der Waals surface area (Å²) in [7, 11) is -8.50. The summed E-state index contributed by atoms with van der Waals surface area (Å²) in [6.07, 6.45) is 0. The Kier molecular flexibility index (Phi) is 8.68. The Morgan fingerprint density at radius 1 is 0.229 bits per heavy atom. The maximum atomic E-state index is 6.24. The monoisotopic (exact) mass is 681 g/mol. The van der Waals surface area contributed by atoms with E-state index in [2.05, 4.69) is 187 Å². The number of rotatable bonds is 6. The van der Waals surface area contributed by atoms with Crippen molar-refractivity contribution in [3.8, 4) is 0 Å². The lowest BCUT2D eigenvalue weighted by molar-refractivity contribution is 1.47. The summed E-state index contributed by atoms with van der Waals surface area (Å²) in [5.41, 5.74) is 7.33. The molecule has 0 unspecified atom stereocenters. The fourth-order valence-electron chi connectivity index (χ4n) is 6.20. The SMILES string of the molecule is Cc1ccc(P2(c3ccc(C)cc3)=NP(c3ccc(C)cc3)(c3ccc(C)cc3)=NP(c3ccc(C)cc3)(c3ccc(C)cc3)=N2)cc1. The average Bonchev–Trinajstić information content (AvgIpc) is 3.09. The van der Waals surface area contributed by atoms with Gasteiger partial charge in [-0.2, -0.15) is 0 Å². The number of aryl methyl sites for hydroxylation is 6. The van der Waals surface area contributed by atoms with Gasteiger partial charge in [0, 0.05) is 31.8 Å². The Hall–Kier alpha value is -3.99. The van der Waals surface area contributed by atoms with E-state index in [1.807, 2.05) is 0 Å². The van der Waals surface area contributed by atoms with Crippen LogP contribution in [-0.4, -0.2) is 0 Å². The lowest BCUT2D eigenvalue weighted by Crippen LogP contribution is -2.25. The first kappa shape index (κ1) is 32.6. The van der Waals surface area contributed by atoms with Crippen molar-refractivity contribution in [2.45, 2.75) is 41.5 Å². The molecule has 6 aromatic rings. The molecule has 0 aromatic heterocycles. The molecule has 0 fully saturated rings. The summed E-state index contributed by atoms with van der Waals surface area (Å²) in [4.78, 5) is 0. The number of hydrogen-bond donors (Lipinski definition) is 0. The van der Waals surface area contributed by atoms with Gasteiger partial charge in [0.25, 0.3) is 0 Å². The molecule has 48 heavy (non-hydrogen) atoms. The van der Waals surface area contributed by atoms with Crippen molar-refractivity contribution in [3.63, 3.8) is 0 Å². The Labute approximate surface area is 286 Å². The molecule has 0 saturated heterocycles. The third-order valence-electron chi connectivity index (χ3n) is 9.14. The zero-order valence-corrected chi connectivity index (χ0v) is 31.2. The zero-order valence-electron chi connectivity index (χ0n) is 28.5. The van der Waals surface area contributed by atoms with Crippen LogP contribution in [0.4, 0.5) is 0 Å². The second-order valence-electron chi connectivity index (χ2n) is 13.1. The van der Waals surface area contributed by atoms with Crippen molar-refractivity contribution in [3.05, 3.63) is 179 Å². The van der Waals surface area contributed by atoms with Crippen molar-refractivity contribution in [2.75, 3.05) is 0 Å². The van der Waals surface area contributed by atoms with Crippen LogP contribution in [0.25, 0.3) is 0 Å². The molecule has 1 aliphatic rings. The van der Waals surface area contributed by atoms with Gasteiger partial charge in [0.1, 0.15) is 21.6 Å². The highest BCUT2D eigenvalue weighted by Crippen LogP contribution is 2.76. The van der Waals surface area contributed by atoms with Gasteiger partial charge in [0.15, 0.2) is 0 Å². The van der Waals surface area contributed by atoms with Gasteiger partial charge in [-0.3, -0.25) is 0 Å². The third-order valence-corrected chi connectivity index (χ3v) is 21.5. The molecule has 1 heterocycles. The largest absolute Gasteiger partial charge is 0.223 e. The molecule has 1 aliphatic heterocycles. The van der Waals surface area contributed by atoms with E-state index in [1.165, 1.54) is 65.2 Å². The maximum absolute atomic E-state index is 6.24. The van der Waals surface area contributed by atoms with E-state index in [-0.39, 0.29) is 0 Å². The van der Waals surface area contributed by atoms with Crippen LogP contribution in [0.15, 0.2) is 159 Å². The normalized spacial score (nSPS) is 15.9. The predicted molar refractivity (Wildman–Crippen MR) is 213 cm³/mol. The number of benzene rings is 6. The van der Waals surface area contributed by atoms with Gasteiger partial charge < -0.3 is 0 Å². The molecular weight excluding hydrogens is 639 g/mol. The molecule has 6 heteroatoms. The van der Waals surface area contributed by atoms with E-state index in [0.29, 0.717) is 0 Å². The molecule has 6 aromatic carbocycles. The number of nitrogens with zero attached hydrogens (tertiary/aromatic N) is 3. The second kappa shape index (κ2) is 12.8. The van der Waals surface area contributed by atoms with Gasteiger partial charge in [-0.25, -0.2) is 13.5 Å². The molecule has 0 aliphatic carbocycles. The second-order valence-corrected chi connectivity index (χ2v) is 21.9. The van der Waals surface area contributed by atoms with Crippen LogP contribution >= 0.6 is 21.6 Å². The molecule has 3 nitrogen and oxygen atoms in total. The minimum absolute atomic E-state index is 1.17. The summed E-state index contributed by atoms with van der Waals surface area (Å²) in [5.74, 6) is 0. The van der Waals surface area contributed by atoms with Gasteiger partial charge in [-0.05, 0) is 41.5 Å². The molecule has 0 N–H and O–H groups in total. The quantitative estimate of drug-likeness (QED) is 0.157. The van der Waals surface area contributed by atoms with Gasteiger partial charge >= 0.3 is 0 Å². The molecule has 240 valence electrons. The molecule has 0 amide bonds. The van der Waals surface area contributed by atoms with Crippen LogP contribution in [-0.2, 0) is 0 Å². The Morgan fingerprint density at radius 3 is 0.479 bits per heavy atom. The van der Waals surface area contributed by atoms with Crippen LogP contribution in [0.3, 0.4) is 0 Å². The van der Waals surface area contributed by atoms with Crippen LogP contribution in [0.1, 0.15) is 33.4 Å². The smallest absolute Gasteiger partial charge is 0.138 e. The lowest BCUT2D eigenvalue weighted by Gasteiger charge is -2.38. The standard InChI is InChI=1S/C42H42N3P3/c1-31-7-19-37(20-8-31)46(38-21-9-32(2)10-22-38)43-47(39-23-11-33(3)12-24-39,40-25-13-34(4)14-26-40)45-48(44-46,41-27-15-35(5)16-28-41)42-29-17-36(6)18-30-42/h7-30H,1-6H3. The summed E-state index contributed by atoms with van der Waals surface area (Å²) < 4.78 is 18.7. The number of hydrogen-bond acceptors (Lipinski definition) is 3. The van der Waals surface area contributed by atoms with Gasteiger partial charge in [0.05, 0.1) is 0 Å². The summed E-state index contributed by atoms with van der Waals surface area (Å²) in [5, 5.41) is 6.99. The fourth-order valence-corrected chi connectivity index (χ4v) is 21.3. The van der Waals surface area contributed by atoms with E-state index < -0.39 is 21.6 Å². The molecule has 0 bridgehead atoms. The van der Waals surface area contributed by atoms with Gasteiger partial charge in [-0.1, -0.05) is 179 Å². The highest BCUT2D eigenvalue weighted by Gasteiger charge is 2.42. The zero-order chi connectivity index (χ0) is 33.5. The van der Waals surface area contributed by atoms with E-state index in [4.69, 9.17) is 13.5 Å². The molecule has 7 rings (SSSR count). The molecule has 0 radical (unpaired) electrons. The average molecular weight is 682 g/mol. The minimum atomic E-state index is -2.83. The molecule has 0 saturated carbocycles. The first-order chi connectivity index (χ1) is 23.1. The third kappa shape index (κ3) is 5.84. The topological polar surface area (TPSA) is 37.1 Å². The highest BCUT2D eigenvalue weighted by molar-refractivity contribution is 8.00. The van der Waals surface area contributed by atoms with E-state index in [1.54, 1.807) is 0 Å². The summed E-state index contributed by atoms with van der Waals surface area (Å²) in [6.45, 7) is 12.9. The first-order valence-electron chi connectivity index (χ1n) is 16.5. The molecule has 0 atom stereocenters. The van der Waals surface area contributed by atoms with Gasteiger partial charge in [-0.15, -0.1) is 0 Å². The Morgan fingerprint density at radius 2 is 0.354 bits per heavy atom. The predicted octanol–water partition coefficient (Wildman–Crippen LogP) is 10.2. The maximum Gasteiger partial charge on any atom is 0.138 e. The van der Waals surface area contributed by atoms with Crippen molar-refractivity contribution in [2.24, 2.45) is 13.5 Å². The lowest BCUT2D eigenvalue weighted by atomic mass is 10.2. The molecule has 0 spiro atoms. The van der Waals surface area contributed by atoms with E-state index in [9.17, 15) is 0 Å². The van der Waals surface area contributed by atoms with Crippen LogP contribution in [0.5, 0.6) is 0 Å². The van der Waals surface area contributed by atoms with Crippen LogP contribution in [0, 0.1) is 41.5 Å². The highest BCUT2D eigenvalue weighted by atomic mass is 31.3. The molecular formula is C42H42N3P3. The Balaban J connectivity index is 1.80. The first-order valence-corrected chi connectivity index (χ1v) is 21.6. The fraction of sp³-hybridized carbons (Fsp3) is 0.143.